The highest BCUT2D eigenvalue weighted by molar-refractivity contribution is 6.03. The Kier molecular flexibility index (Phi) is 11.6. The summed E-state index contributed by atoms with van der Waals surface area (Å²) in [6.45, 7) is 5.40. The number of benzene rings is 1. The number of amides is 2. The zero-order valence-corrected chi connectivity index (χ0v) is 17.4. The number of rotatable bonds is 13. The van der Waals surface area contributed by atoms with Crippen LogP contribution < -0.4 is 10.6 Å². The van der Waals surface area contributed by atoms with Gasteiger partial charge in [-0.2, -0.15) is 0 Å². The van der Waals surface area contributed by atoms with Crippen molar-refractivity contribution in [3.8, 4) is 0 Å². The van der Waals surface area contributed by atoms with E-state index in [0.29, 0.717) is 13.1 Å². The van der Waals surface area contributed by atoms with E-state index in [2.05, 4.69) is 24.5 Å². The molecule has 1 aromatic rings. The molecule has 6 heteroatoms. The standard InChI is InChI=1S/C22H34N2O4/c1-4-6-8-10-12-23-20(25)17-14-18(16-19(15-17)22(27)28-3)21(26)24-13-11-9-7-5-2/h14-16H,4-13H2,1-3H3,(H,23,25)(H,24,26). The maximum Gasteiger partial charge on any atom is 0.337 e. The van der Waals surface area contributed by atoms with Crippen molar-refractivity contribution >= 4 is 17.8 Å². The number of ether oxygens (including phenoxy) is 1. The summed E-state index contributed by atoms with van der Waals surface area (Å²) in [5, 5.41) is 5.70. The van der Waals surface area contributed by atoms with Crippen LogP contribution in [-0.4, -0.2) is 38.0 Å². The molecule has 0 saturated carbocycles. The molecule has 1 rings (SSSR count). The normalized spacial score (nSPS) is 10.4. The fraction of sp³-hybridized carbons (Fsp3) is 0.591. The molecule has 0 saturated heterocycles. The maximum atomic E-state index is 12.5. The Hall–Kier alpha value is -2.37. The molecule has 2 N–H and O–H groups in total. The van der Waals surface area contributed by atoms with Crippen LogP contribution in [0.3, 0.4) is 0 Å². The molecule has 2 amide bonds. The van der Waals surface area contributed by atoms with Gasteiger partial charge in [-0.05, 0) is 31.0 Å². The summed E-state index contributed by atoms with van der Waals surface area (Å²) in [7, 11) is 1.27. The Morgan fingerprint density at radius 3 is 1.54 bits per heavy atom. The minimum Gasteiger partial charge on any atom is -0.465 e. The van der Waals surface area contributed by atoms with E-state index >= 15 is 0 Å². The van der Waals surface area contributed by atoms with Gasteiger partial charge in [-0.15, -0.1) is 0 Å². The SMILES string of the molecule is CCCCCCNC(=O)c1cc(C(=O)NCCCCCC)cc(C(=O)OC)c1. The second kappa shape index (κ2) is 13.7. The Balaban J connectivity index is 2.80. The topological polar surface area (TPSA) is 84.5 Å². The van der Waals surface area contributed by atoms with Crippen LogP contribution in [0, 0.1) is 0 Å². The first-order valence-electron chi connectivity index (χ1n) is 10.3. The van der Waals surface area contributed by atoms with Gasteiger partial charge in [0.15, 0.2) is 0 Å². The average molecular weight is 391 g/mol. The zero-order chi connectivity index (χ0) is 20.8. The van der Waals surface area contributed by atoms with Gasteiger partial charge < -0.3 is 15.4 Å². The molecule has 1 aromatic carbocycles. The molecular formula is C22H34N2O4. The summed E-state index contributed by atoms with van der Waals surface area (Å²) in [5.41, 5.74) is 0.765. The highest BCUT2D eigenvalue weighted by Gasteiger charge is 2.16. The number of unbranched alkanes of at least 4 members (excludes halogenated alkanes) is 6. The van der Waals surface area contributed by atoms with Gasteiger partial charge >= 0.3 is 5.97 Å². The molecule has 0 spiro atoms. The third-order valence-electron chi connectivity index (χ3n) is 4.51. The van der Waals surface area contributed by atoms with Crippen LogP contribution >= 0.6 is 0 Å². The van der Waals surface area contributed by atoms with Gasteiger partial charge in [-0.25, -0.2) is 4.79 Å². The monoisotopic (exact) mass is 390 g/mol. The van der Waals surface area contributed by atoms with Crippen LogP contribution in [0.25, 0.3) is 0 Å². The van der Waals surface area contributed by atoms with E-state index in [1.807, 2.05) is 0 Å². The van der Waals surface area contributed by atoms with Gasteiger partial charge in [0.2, 0.25) is 0 Å². The van der Waals surface area contributed by atoms with Crippen molar-refractivity contribution in [2.45, 2.75) is 65.2 Å². The van der Waals surface area contributed by atoms with Crippen LogP contribution in [0.4, 0.5) is 0 Å². The average Bonchev–Trinajstić information content (AvgIpc) is 2.72. The lowest BCUT2D eigenvalue weighted by Crippen LogP contribution is -2.27. The molecule has 28 heavy (non-hydrogen) atoms. The molecule has 0 aromatic heterocycles. The van der Waals surface area contributed by atoms with Crippen molar-refractivity contribution in [2.24, 2.45) is 0 Å². The number of hydrogen-bond acceptors (Lipinski definition) is 4. The van der Waals surface area contributed by atoms with Gasteiger partial charge in [0, 0.05) is 24.2 Å². The van der Waals surface area contributed by atoms with E-state index in [-0.39, 0.29) is 28.5 Å². The number of esters is 1. The summed E-state index contributed by atoms with van der Waals surface area (Å²) in [6, 6.07) is 4.45. The molecular weight excluding hydrogens is 356 g/mol. The maximum absolute atomic E-state index is 12.5. The Labute approximate surface area is 168 Å². The molecule has 0 bridgehead atoms. The quantitative estimate of drug-likeness (QED) is 0.392. The van der Waals surface area contributed by atoms with Crippen LogP contribution in [0.2, 0.25) is 0 Å². The van der Waals surface area contributed by atoms with Crippen molar-refractivity contribution in [3.05, 3.63) is 34.9 Å². The summed E-state index contributed by atoms with van der Waals surface area (Å²) in [6.07, 6.45) is 8.46. The van der Waals surface area contributed by atoms with Gasteiger partial charge in [-0.1, -0.05) is 52.4 Å². The number of hydrogen-bond donors (Lipinski definition) is 2. The molecule has 0 aliphatic carbocycles. The second-order valence-electron chi connectivity index (χ2n) is 6.92. The molecule has 156 valence electrons. The first-order valence-corrected chi connectivity index (χ1v) is 10.3. The van der Waals surface area contributed by atoms with Crippen molar-refractivity contribution in [3.63, 3.8) is 0 Å². The van der Waals surface area contributed by atoms with Gasteiger partial charge in [-0.3, -0.25) is 9.59 Å². The van der Waals surface area contributed by atoms with Gasteiger partial charge in [0.25, 0.3) is 11.8 Å². The number of carbonyl (C=O) groups excluding carboxylic acids is 3. The summed E-state index contributed by atoms with van der Waals surface area (Å²) < 4.78 is 4.75. The fourth-order valence-corrected chi connectivity index (χ4v) is 2.84. The number of nitrogens with one attached hydrogen (secondary N) is 2. The lowest BCUT2D eigenvalue weighted by atomic mass is 10.0. The lowest BCUT2D eigenvalue weighted by molar-refractivity contribution is 0.0600. The van der Waals surface area contributed by atoms with Crippen molar-refractivity contribution in [1.29, 1.82) is 0 Å². The molecule has 0 radical (unpaired) electrons. The lowest BCUT2D eigenvalue weighted by Gasteiger charge is -2.10. The summed E-state index contributed by atoms with van der Waals surface area (Å²) in [5.74, 6) is -1.16. The van der Waals surface area contributed by atoms with Crippen LogP contribution in [-0.2, 0) is 4.74 Å². The molecule has 0 fully saturated rings. The summed E-state index contributed by atoms with van der Waals surface area (Å²) in [4.78, 5) is 36.8. The van der Waals surface area contributed by atoms with E-state index < -0.39 is 5.97 Å². The minimum atomic E-state index is -0.574. The number of carbonyl (C=O) groups is 3. The predicted octanol–water partition coefficient (Wildman–Crippen LogP) is 4.09. The Morgan fingerprint density at radius 2 is 1.14 bits per heavy atom. The highest BCUT2D eigenvalue weighted by atomic mass is 16.5. The molecule has 0 atom stereocenters. The van der Waals surface area contributed by atoms with E-state index in [4.69, 9.17) is 4.74 Å². The van der Waals surface area contributed by atoms with Crippen molar-refractivity contribution in [1.82, 2.24) is 10.6 Å². The first kappa shape index (κ1) is 23.7. The highest BCUT2D eigenvalue weighted by Crippen LogP contribution is 2.13. The molecule has 0 heterocycles. The largest absolute Gasteiger partial charge is 0.465 e. The van der Waals surface area contributed by atoms with Crippen molar-refractivity contribution < 1.29 is 19.1 Å². The van der Waals surface area contributed by atoms with E-state index in [1.54, 1.807) is 0 Å². The van der Waals surface area contributed by atoms with Gasteiger partial charge in [0.05, 0.1) is 12.7 Å². The zero-order valence-electron chi connectivity index (χ0n) is 17.4. The summed E-state index contributed by atoms with van der Waals surface area (Å²) >= 11 is 0. The first-order chi connectivity index (χ1) is 13.5. The van der Waals surface area contributed by atoms with E-state index in [1.165, 1.54) is 25.3 Å². The fourth-order valence-electron chi connectivity index (χ4n) is 2.84. The van der Waals surface area contributed by atoms with Crippen LogP contribution in [0.15, 0.2) is 18.2 Å². The predicted molar refractivity (Wildman–Crippen MR) is 111 cm³/mol. The van der Waals surface area contributed by atoms with Crippen LogP contribution in [0.5, 0.6) is 0 Å². The van der Waals surface area contributed by atoms with Gasteiger partial charge in [0.1, 0.15) is 0 Å². The second-order valence-corrected chi connectivity index (χ2v) is 6.92. The third-order valence-corrected chi connectivity index (χ3v) is 4.51. The van der Waals surface area contributed by atoms with Crippen molar-refractivity contribution in [2.75, 3.05) is 20.2 Å². The molecule has 0 unspecified atom stereocenters. The Morgan fingerprint density at radius 1 is 0.714 bits per heavy atom. The number of methoxy groups -OCH3 is 1. The van der Waals surface area contributed by atoms with Crippen LogP contribution in [0.1, 0.15) is 96.3 Å². The van der Waals surface area contributed by atoms with E-state index in [0.717, 1.165) is 51.4 Å². The third kappa shape index (κ3) is 8.55. The Bertz CT molecular complexity index is 599. The minimum absolute atomic E-state index is 0.192. The van der Waals surface area contributed by atoms with E-state index in [9.17, 15) is 14.4 Å². The molecule has 0 aliphatic heterocycles. The molecule has 0 aliphatic rings. The smallest absolute Gasteiger partial charge is 0.337 e. The molecule has 6 nitrogen and oxygen atoms in total.